The highest BCUT2D eigenvalue weighted by Crippen LogP contribution is 2.24. The fourth-order valence-electron chi connectivity index (χ4n) is 1.87. The van der Waals surface area contributed by atoms with E-state index in [1.54, 1.807) is 32.2 Å². The summed E-state index contributed by atoms with van der Waals surface area (Å²) in [5.41, 5.74) is 1.22. The van der Waals surface area contributed by atoms with Crippen LogP contribution in [0.5, 0.6) is 0 Å². The largest absolute Gasteiger partial charge is 0.452 e. The van der Waals surface area contributed by atoms with Gasteiger partial charge >= 0.3 is 5.97 Å². The zero-order valence-electron chi connectivity index (χ0n) is 12.7. The van der Waals surface area contributed by atoms with Crippen molar-refractivity contribution < 1.29 is 18.7 Å². The number of rotatable bonds is 6. The predicted molar refractivity (Wildman–Crippen MR) is 84.9 cm³/mol. The van der Waals surface area contributed by atoms with Crippen LogP contribution in [0.15, 0.2) is 24.3 Å². The molecule has 0 aliphatic carbocycles. The Hall–Kier alpha value is -2.48. The van der Waals surface area contributed by atoms with Gasteiger partial charge in [0.15, 0.2) is 6.61 Å². The van der Waals surface area contributed by atoms with Crippen molar-refractivity contribution in [3.63, 3.8) is 0 Å². The third kappa shape index (κ3) is 4.26. The minimum atomic E-state index is -0.623. The van der Waals surface area contributed by atoms with Gasteiger partial charge in [-0.1, -0.05) is 18.2 Å². The number of carbonyl (C=O) groups excluding carboxylic acids is 2. The van der Waals surface area contributed by atoms with E-state index in [0.29, 0.717) is 21.8 Å². The van der Waals surface area contributed by atoms with Crippen LogP contribution in [0.1, 0.15) is 21.6 Å². The molecule has 0 atom stereocenters. The number of nitrogens with zero attached hydrogens (tertiary/aromatic N) is 1. The number of halogens is 1. The number of hydrogen-bond acceptors (Lipinski definition) is 6. The average Bonchev–Trinajstić information content (AvgIpc) is 2.92. The maximum atomic E-state index is 13.4. The molecule has 122 valence electrons. The number of aryl methyl sites for hydroxylation is 1. The molecule has 6 nitrogen and oxygen atoms in total. The standard InChI is InChI=1S/C15H16FN3O3S/c1-9-13(14(17-2)23-19-9)15(21)22-8-12(20)18-7-10-5-3-4-6-11(10)16/h3-6,17H,7-8H2,1-2H3,(H,18,20). The van der Waals surface area contributed by atoms with Gasteiger partial charge < -0.3 is 15.4 Å². The highest BCUT2D eigenvalue weighted by atomic mass is 32.1. The summed E-state index contributed by atoms with van der Waals surface area (Å²) in [6, 6.07) is 6.13. The molecule has 1 aromatic carbocycles. The molecule has 0 aliphatic heterocycles. The summed E-state index contributed by atoms with van der Waals surface area (Å²) in [4.78, 5) is 23.7. The number of nitrogens with one attached hydrogen (secondary N) is 2. The average molecular weight is 337 g/mol. The van der Waals surface area contributed by atoms with E-state index in [4.69, 9.17) is 4.74 Å². The molecule has 2 aromatic rings. The molecule has 0 fully saturated rings. The molecule has 0 saturated carbocycles. The molecule has 1 heterocycles. The number of amides is 1. The fraction of sp³-hybridized carbons (Fsp3) is 0.267. The molecule has 0 bridgehead atoms. The second-order valence-electron chi connectivity index (χ2n) is 4.67. The Bertz CT molecular complexity index is 718. The van der Waals surface area contributed by atoms with Crippen molar-refractivity contribution in [3.05, 3.63) is 46.9 Å². The van der Waals surface area contributed by atoms with Crippen LogP contribution in [0.4, 0.5) is 9.39 Å². The first-order valence-corrected chi connectivity index (χ1v) is 7.61. The maximum absolute atomic E-state index is 13.4. The van der Waals surface area contributed by atoms with Crippen molar-refractivity contribution in [3.8, 4) is 0 Å². The van der Waals surface area contributed by atoms with E-state index < -0.39 is 24.3 Å². The number of carbonyl (C=O) groups is 2. The molecule has 8 heteroatoms. The number of esters is 1. The molecule has 0 unspecified atom stereocenters. The molecule has 23 heavy (non-hydrogen) atoms. The summed E-state index contributed by atoms with van der Waals surface area (Å²) in [7, 11) is 1.67. The van der Waals surface area contributed by atoms with Gasteiger partial charge in [-0.25, -0.2) is 9.18 Å². The predicted octanol–water partition coefficient (Wildman–Crippen LogP) is 2.11. The number of ether oxygens (including phenoxy) is 1. The number of anilines is 1. The smallest absolute Gasteiger partial charge is 0.343 e. The first-order chi connectivity index (χ1) is 11.0. The van der Waals surface area contributed by atoms with Crippen LogP contribution in [0.25, 0.3) is 0 Å². The molecule has 2 N–H and O–H groups in total. The molecule has 0 aliphatic rings. The lowest BCUT2D eigenvalue weighted by atomic mass is 10.2. The summed E-state index contributed by atoms with van der Waals surface area (Å²) in [5.74, 6) is -1.53. The van der Waals surface area contributed by atoms with Crippen molar-refractivity contribution in [2.45, 2.75) is 13.5 Å². The van der Waals surface area contributed by atoms with E-state index in [2.05, 4.69) is 15.0 Å². The quantitative estimate of drug-likeness (QED) is 0.789. The van der Waals surface area contributed by atoms with Crippen molar-refractivity contribution >= 4 is 28.4 Å². The Morgan fingerprint density at radius 1 is 1.35 bits per heavy atom. The van der Waals surface area contributed by atoms with Gasteiger partial charge in [0, 0.05) is 19.2 Å². The van der Waals surface area contributed by atoms with Crippen molar-refractivity contribution in [1.29, 1.82) is 0 Å². The normalized spacial score (nSPS) is 10.2. The number of benzene rings is 1. The van der Waals surface area contributed by atoms with Crippen molar-refractivity contribution in [1.82, 2.24) is 9.69 Å². The van der Waals surface area contributed by atoms with Crippen molar-refractivity contribution in [2.24, 2.45) is 0 Å². The number of aromatic nitrogens is 1. The fourth-order valence-corrected chi connectivity index (χ4v) is 2.60. The summed E-state index contributed by atoms with van der Waals surface area (Å²) in [6.07, 6.45) is 0. The van der Waals surface area contributed by atoms with Crippen LogP contribution in [0.3, 0.4) is 0 Å². The van der Waals surface area contributed by atoms with Gasteiger partial charge in [0.05, 0.1) is 5.69 Å². The minimum absolute atomic E-state index is 0.0316. The molecular weight excluding hydrogens is 321 g/mol. The summed E-state index contributed by atoms with van der Waals surface area (Å²) < 4.78 is 22.4. The van der Waals surface area contributed by atoms with E-state index in [-0.39, 0.29) is 6.54 Å². The maximum Gasteiger partial charge on any atom is 0.343 e. The Kier molecular flexibility index (Phi) is 5.64. The zero-order valence-corrected chi connectivity index (χ0v) is 13.5. The molecule has 1 amide bonds. The van der Waals surface area contributed by atoms with E-state index >= 15 is 0 Å². The molecule has 1 aromatic heterocycles. The van der Waals surface area contributed by atoms with Crippen LogP contribution >= 0.6 is 11.5 Å². The molecule has 0 radical (unpaired) electrons. The van der Waals surface area contributed by atoms with Gasteiger partial charge in [-0.3, -0.25) is 4.79 Å². The monoisotopic (exact) mass is 337 g/mol. The van der Waals surface area contributed by atoms with Crippen LogP contribution in [0.2, 0.25) is 0 Å². The Morgan fingerprint density at radius 3 is 2.78 bits per heavy atom. The minimum Gasteiger partial charge on any atom is -0.452 e. The Labute approximate surface area is 136 Å². The van der Waals surface area contributed by atoms with Gasteiger partial charge in [-0.15, -0.1) is 0 Å². The van der Waals surface area contributed by atoms with Crippen LogP contribution in [-0.2, 0) is 16.1 Å². The lowest BCUT2D eigenvalue weighted by Gasteiger charge is -2.08. The summed E-state index contributed by atoms with van der Waals surface area (Å²) in [6.45, 7) is 1.28. The van der Waals surface area contributed by atoms with E-state index in [1.165, 1.54) is 6.07 Å². The van der Waals surface area contributed by atoms with Gasteiger partial charge in [-0.2, -0.15) is 4.37 Å². The zero-order chi connectivity index (χ0) is 16.8. The molecule has 0 spiro atoms. The highest BCUT2D eigenvalue weighted by Gasteiger charge is 2.20. The highest BCUT2D eigenvalue weighted by molar-refractivity contribution is 7.10. The SMILES string of the molecule is CNc1snc(C)c1C(=O)OCC(=O)NCc1ccccc1F. The van der Waals surface area contributed by atoms with Gasteiger partial charge in [0.2, 0.25) is 0 Å². The number of hydrogen-bond donors (Lipinski definition) is 2. The van der Waals surface area contributed by atoms with Gasteiger partial charge in [-0.05, 0) is 24.5 Å². The van der Waals surface area contributed by atoms with E-state index in [9.17, 15) is 14.0 Å². The third-order valence-corrected chi connectivity index (χ3v) is 4.02. The lowest BCUT2D eigenvalue weighted by Crippen LogP contribution is -2.28. The van der Waals surface area contributed by atoms with E-state index in [0.717, 1.165) is 11.5 Å². The van der Waals surface area contributed by atoms with E-state index in [1.807, 2.05) is 0 Å². The molecule has 2 rings (SSSR count). The first kappa shape index (κ1) is 16.9. The third-order valence-electron chi connectivity index (χ3n) is 3.06. The van der Waals surface area contributed by atoms with Crippen LogP contribution in [-0.4, -0.2) is 29.9 Å². The molecular formula is C15H16FN3O3S. The van der Waals surface area contributed by atoms with Crippen LogP contribution in [0, 0.1) is 12.7 Å². The van der Waals surface area contributed by atoms with Gasteiger partial charge in [0.25, 0.3) is 5.91 Å². The van der Waals surface area contributed by atoms with Crippen LogP contribution < -0.4 is 10.6 Å². The van der Waals surface area contributed by atoms with Crippen molar-refractivity contribution in [2.75, 3.05) is 19.0 Å². The first-order valence-electron chi connectivity index (χ1n) is 6.84. The lowest BCUT2D eigenvalue weighted by molar-refractivity contribution is -0.124. The summed E-state index contributed by atoms with van der Waals surface area (Å²) in [5, 5.41) is 5.93. The second-order valence-corrected chi connectivity index (χ2v) is 5.44. The Balaban J connectivity index is 1.86. The Morgan fingerprint density at radius 2 is 2.09 bits per heavy atom. The molecule has 0 saturated heterocycles. The summed E-state index contributed by atoms with van der Waals surface area (Å²) >= 11 is 1.14. The van der Waals surface area contributed by atoms with Gasteiger partial charge in [0.1, 0.15) is 16.4 Å². The second kappa shape index (κ2) is 7.68. The topological polar surface area (TPSA) is 80.3 Å².